The maximum absolute atomic E-state index is 6.02. The Bertz CT molecular complexity index is 798. The van der Waals surface area contributed by atoms with Crippen molar-refractivity contribution >= 4 is 56.2 Å². The first-order valence-electron chi connectivity index (χ1n) is 6.94. The van der Waals surface area contributed by atoms with Crippen LogP contribution in [0, 0.1) is 0 Å². The van der Waals surface area contributed by atoms with E-state index in [-0.39, 0.29) is 0 Å². The predicted octanol–water partition coefficient (Wildman–Crippen LogP) is 6.19. The topological polar surface area (TPSA) is 12.0 Å². The van der Waals surface area contributed by atoms with Crippen LogP contribution in [0.1, 0.15) is 10.4 Å². The molecule has 0 saturated carbocycles. The standard InChI is InChI=1S/C17H14Cl3NS/c18-13-2-4-17-12(8-13)9-14(22-17)10-21-6-5-11-1-3-15(19)16(20)7-11/h1-4,7-9,21H,5-6,10H2. The number of benzene rings is 2. The first kappa shape index (κ1) is 16.1. The van der Waals surface area contributed by atoms with Crippen molar-refractivity contribution in [2.75, 3.05) is 6.54 Å². The molecular weight excluding hydrogens is 357 g/mol. The van der Waals surface area contributed by atoms with Crippen LogP contribution in [0.15, 0.2) is 42.5 Å². The second-order valence-corrected chi connectivity index (χ2v) is 7.49. The van der Waals surface area contributed by atoms with E-state index in [0.717, 1.165) is 24.5 Å². The Kier molecular flexibility index (Phi) is 5.27. The summed E-state index contributed by atoms with van der Waals surface area (Å²) >= 11 is 19.7. The highest BCUT2D eigenvalue weighted by atomic mass is 35.5. The molecule has 0 atom stereocenters. The molecule has 22 heavy (non-hydrogen) atoms. The van der Waals surface area contributed by atoms with E-state index in [1.54, 1.807) is 11.3 Å². The van der Waals surface area contributed by atoms with E-state index in [4.69, 9.17) is 34.8 Å². The van der Waals surface area contributed by atoms with Gasteiger partial charge in [0.15, 0.2) is 0 Å². The van der Waals surface area contributed by atoms with Gasteiger partial charge in [0.1, 0.15) is 0 Å². The van der Waals surface area contributed by atoms with Gasteiger partial charge in [-0.2, -0.15) is 0 Å². The average molecular weight is 371 g/mol. The van der Waals surface area contributed by atoms with Crippen LogP contribution in [0.4, 0.5) is 0 Å². The van der Waals surface area contributed by atoms with Crippen molar-refractivity contribution in [2.24, 2.45) is 0 Å². The van der Waals surface area contributed by atoms with Gasteiger partial charge in [-0.25, -0.2) is 0 Å². The molecule has 0 saturated heterocycles. The summed E-state index contributed by atoms with van der Waals surface area (Å²) in [7, 11) is 0. The van der Waals surface area contributed by atoms with Crippen molar-refractivity contribution in [2.45, 2.75) is 13.0 Å². The van der Waals surface area contributed by atoms with Gasteiger partial charge in [0, 0.05) is 21.1 Å². The number of hydrogen-bond acceptors (Lipinski definition) is 2. The summed E-state index contributed by atoms with van der Waals surface area (Å²) in [6.07, 6.45) is 0.924. The smallest absolute Gasteiger partial charge is 0.0595 e. The Morgan fingerprint density at radius 3 is 2.59 bits per heavy atom. The molecule has 1 N–H and O–H groups in total. The minimum absolute atomic E-state index is 0.599. The molecule has 0 unspecified atom stereocenters. The third kappa shape index (κ3) is 3.95. The van der Waals surface area contributed by atoms with Crippen molar-refractivity contribution < 1.29 is 0 Å². The summed E-state index contributed by atoms with van der Waals surface area (Å²) in [5.41, 5.74) is 1.19. The lowest BCUT2D eigenvalue weighted by atomic mass is 10.1. The Morgan fingerprint density at radius 2 is 1.77 bits per heavy atom. The zero-order valence-corrected chi connectivity index (χ0v) is 14.8. The van der Waals surface area contributed by atoms with Gasteiger partial charge in [0.05, 0.1) is 10.0 Å². The van der Waals surface area contributed by atoms with Crippen LogP contribution >= 0.6 is 46.1 Å². The van der Waals surface area contributed by atoms with Crippen molar-refractivity contribution in [1.29, 1.82) is 0 Å². The van der Waals surface area contributed by atoms with Crippen LogP contribution in [0.5, 0.6) is 0 Å². The highest BCUT2D eigenvalue weighted by molar-refractivity contribution is 7.19. The lowest BCUT2D eigenvalue weighted by Crippen LogP contribution is -2.15. The van der Waals surface area contributed by atoms with Gasteiger partial charge in [-0.1, -0.05) is 40.9 Å². The summed E-state index contributed by atoms with van der Waals surface area (Å²) in [6, 6.07) is 14.0. The van der Waals surface area contributed by atoms with Crippen molar-refractivity contribution in [1.82, 2.24) is 5.32 Å². The summed E-state index contributed by atoms with van der Waals surface area (Å²) < 4.78 is 1.27. The molecule has 0 bridgehead atoms. The highest BCUT2D eigenvalue weighted by Gasteiger charge is 2.03. The van der Waals surface area contributed by atoms with Gasteiger partial charge >= 0.3 is 0 Å². The maximum atomic E-state index is 6.02. The van der Waals surface area contributed by atoms with Gasteiger partial charge in [0.2, 0.25) is 0 Å². The summed E-state index contributed by atoms with van der Waals surface area (Å²) in [6.45, 7) is 1.76. The molecule has 0 fully saturated rings. The molecule has 2 aromatic carbocycles. The Hall–Kier alpha value is -0.770. The number of hydrogen-bond donors (Lipinski definition) is 1. The zero-order chi connectivity index (χ0) is 15.5. The molecule has 114 valence electrons. The third-order valence-electron chi connectivity index (χ3n) is 3.40. The predicted molar refractivity (Wildman–Crippen MR) is 98.7 cm³/mol. The van der Waals surface area contributed by atoms with Crippen LogP contribution in [-0.4, -0.2) is 6.54 Å². The largest absolute Gasteiger partial charge is 0.312 e. The van der Waals surface area contributed by atoms with Gasteiger partial charge in [-0.05, 0) is 60.3 Å². The molecule has 5 heteroatoms. The molecular formula is C17H14Cl3NS. The molecule has 3 aromatic rings. The first-order valence-corrected chi connectivity index (χ1v) is 8.89. The number of rotatable bonds is 5. The SMILES string of the molecule is Clc1ccc2sc(CNCCc3ccc(Cl)c(Cl)c3)cc2c1. The number of nitrogens with one attached hydrogen (secondary N) is 1. The second kappa shape index (κ2) is 7.20. The lowest BCUT2D eigenvalue weighted by molar-refractivity contribution is 0.694. The normalized spacial score (nSPS) is 11.2. The van der Waals surface area contributed by atoms with E-state index in [1.807, 2.05) is 30.3 Å². The second-order valence-electron chi connectivity index (χ2n) is 5.07. The molecule has 1 heterocycles. The monoisotopic (exact) mass is 369 g/mol. The lowest BCUT2D eigenvalue weighted by Gasteiger charge is -2.05. The van der Waals surface area contributed by atoms with E-state index in [1.165, 1.54) is 20.5 Å². The molecule has 0 aliphatic rings. The Morgan fingerprint density at radius 1 is 0.909 bits per heavy atom. The zero-order valence-electron chi connectivity index (χ0n) is 11.7. The molecule has 1 nitrogen and oxygen atoms in total. The van der Waals surface area contributed by atoms with E-state index in [9.17, 15) is 0 Å². The van der Waals surface area contributed by atoms with E-state index in [0.29, 0.717) is 10.0 Å². The van der Waals surface area contributed by atoms with E-state index >= 15 is 0 Å². The highest BCUT2D eigenvalue weighted by Crippen LogP contribution is 2.28. The fraction of sp³-hybridized carbons (Fsp3) is 0.176. The number of fused-ring (bicyclic) bond motifs is 1. The number of halogens is 3. The van der Waals surface area contributed by atoms with Crippen molar-refractivity contribution in [3.05, 3.63) is 68.0 Å². The van der Waals surface area contributed by atoms with Gasteiger partial charge < -0.3 is 5.32 Å². The quantitative estimate of drug-likeness (QED) is 0.528. The molecule has 1 aromatic heterocycles. The molecule has 0 radical (unpaired) electrons. The average Bonchev–Trinajstić information content (AvgIpc) is 2.89. The van der Waals surface area contributed by atoms with Crippen molar-refractivity contribution in [3.8, 4) is 0 Å². The molecule has 3 rings (SSSR count). The minimum atomic E-state index is 0.599. The summed E-state index contributed by atoms with van der Waals surface area (Å²) in [5, 5.41) is 6.66. The van der Waals surface area contributed by atoms with Crippen LogP contribution in [0.25, 0.3) is 10.1 Å². The van der Waals surface area contributed by atoms with Crippen LogP contribution in [-0.2, 0) is 13.0 Å². The maximum Gasteiger partial charge on any atom is 0.0595 e. The van der Waals surface area contributed by atoms with E-state index < -0.39 is 0 Å². The minimum Gasteiger partial charge on any atom is -0.312 e. The van der Waals surface area contributed by atoms with E-state index in [2.05, 4.69) is 17.4 Å². The van der Waals surface area contributed by atoms with Crippen LogP contribution in [0.2, 0.25) is 15.1 Å². The molecule has 0 aliphatic heterocycles. The summed E-state index contributed by atoms with van der Waals surface area (Å²) in [5.74, 6) is 0. The summed E-state index contributed by atoms with van der Waals surface area (Å²) in [4.78, 5) is 1.31. The van der Waals surface area contributed by atoms with Crippen molar-refractivity contribution in [3.63, 3.8) is 0 Å². The molecule has 0 spiro atoms. The first-order chi connectivity index (χ1) is 10.6. The van der Waals surface area contributed by atoms with Crippen LogP contribution in [0.3, 0.4) is 0 Å². The molecule has 0 amide bonds. The third-order valence-corrected chi connectivity index (χ3v) is 5.49. The van der Waals surface area contributed by atoms with Crippen LogP contribution < -0.4 is 5.32 Å². The Labute approximate surface area is 148 Å². The Balaban J connectivity index is 1.54. The number of thiophene rings is 1. The molecule has 0 aliphatic carbocycles. The van der Waals surface area contributed by atoms with Gasteiger partial charge in [0.25, 0.3) is 0 Å². The fourth-order valence-electron chi connectivity index (χ4n) is 2.30. The van der Waals surface area contributed by atoms with Gasteiger partial charge in [-0.15, -0.1) is 11.3 Å². The fourth-order valence-corrected chi connectivity index (χ4v) is 3.81. The van der Waals surface area contributed by atoms with Gasteiger partial charge in [-0.3, -0.25) is 0 Å².